The Hall–Kier alpha value is -1.88. The molecule has 0 radical (unpaired) electrons. The summed E-state index contributed by atoms with van der Waals surface area (Å²) in [5.74, 6) is 1.29. The Bertz CT molecular complexity index is 886. The van der Waals surface area contributed by atoms with Crippen LogP contribution in [0.3, 0.4) is 0 Å². The number of aromatic nitrogens is 1. The summed E-state index contributed by atoms with van der Waals surface area (Å²) in [4.78, 5) is 21.8. The van der Waals surface area contributed by atoms with E-state index in [2.05, 4.69) is 38.8 Å². The molecule has 0 aliphatic heterocycles. The lowest BCUT2D eigenvalue weighted by Gasteiger charge is -2.16. The fourth-order valence-corrected chi connectivity index (χ4v) is 3.86. The van der Waals surface area contributed by atoms with Crippen LogP contribution in [0.25, 0.3) is 0 Å². The van der Waals surface area contributed by atoms with Crippen LogP contribution in [0.1, 0.15) is 58.3 Å². The molecule has 2 rings (SSSR count). The van der Waals surface area contributed by atoms with E-state index in [9.17, 15) is 4.79 Å². The van der Waals surface area contributed by atoms with Crippen molar-refractivity contribution >= 4 is 47.2 Å². The van der Waals surface area contributed by atoms with Crippen LogP contribution in [-0.4, -0.2) is 43.7 Å². The van der Waals surface area contributed by atoms with E-state index in [0.29, 0.717) is 23.7 Å². The third-order valence-electron chi connectivity index (χ3n) is 4.48. The van der Waals surface area contributed by atoms with Gasteiger partial charge in [-0.3, -0.25) is 4.99 Å². The molecule has 0 bridgehead atoms. The van der Waals surface area contributed by atoms with E-state index in [0.717, 1.165) is 35.2 Å². The Kier molecular flexibility index (Phi) is 11.8. The maximum atomic E-state index is 12.1. The van der Waals surface area contributed by atoms with E-state index in [1.54, 1.807) is 14.0 Å². The molecule has 1 atom stereocenters. The molecule has 0 saturated heterocycles. The minimum atomic E-state index is -0.319. The van der Waals surface area contributed by atoms with Gasteiger partial charge in [0.15, 0.2) is 5.96 Å². The molecular formula is C22H33IN4O3S. The summed E-state index contributed by atoms with van der Waals surface area (Å²) in [6.07, 6.45) is 0.810. The molecule has 0 fully saturated rings. The zero-order chi connectivity index (χ0) is 22.1. The summed E-state index contributed by atoms with van der Waals surface area (Å²) in [5, 5.41) is 7.46. The van der Waals surface area contributed by atoms with Crippen LogP contribution in [0.5, 0.6) is 5.75 Å². The average Bonchev–Trinajstić information content (AvgIpc) is 3.11. The van der Waals surface area contributed by atoms with Crippen LogP contribution in [-0.2, 0) is 11.2 Å². The Morgan fingerprint density at radius 2 is 2.03 bits per heavy atom. The first kappa shape index (κ1) is 27.2. The van der Waals surface area contributed by atoms with Crippen LogP contribution in [0.4, 0.5) is 0 Å². The van der Waals surface area contributed by atoms with E-state index in [4.69, 9.17) is 9.47 Å². The minimum Gasteiger partial charge on any atom is -0.496 e. The monoisotopic (exact) mass is 560 g/mol. The lowest BCUT2D eigenvalue weighted by Crippen LogP contribution is -2.38. The predicted molar refractivity (Wildman–Crippen MR) is 137 cm³/mol. The third-order valence-corrected chi connectivity index (χ3v) is 5.80. The van der Waals surface area contributed by atoms with Crippen molar-refractivity contribution in [3.8, 4) is 5.75 Å². The maximum absolute atomic E-state index is 12.1. The first-order chi connectivity index (χ1) is 14.4. The highest BCUT2D eigenvalue weighted by Gasteiger charge is 2.20. The van der Waals surface area contributed by atoms with Crippen LogP contribution >= 0.6 is 35.3 Å². The van der Waals surface area contributed by atoms with Gasteiger partial charge >= 0.3 is 5.97 Å². The van der Waals surface area contributed by atoms with Crippen molar-refractivity contribution in [1.82, 2.24) is 15.6 Å². The quantitative estimate of drug-likeness (QED) is 0.205. The summed E-state index contributed by atoms with van der Waals surface area (Å²) in [6.45, 7) is 11.4. The van der Waals surface area contributed by atoms with E-state index in [1.807, 2.05) is 27.7 Å². The number of nitrogens with one attached hydrogen (secondary N) is 2. The summed E-state index contributed by atoms with van der Waals surface area (Å²) in [7, 11) is 1.69. The smallest absolute Gasteiger partial charge is 0.350 e. The number of hydrogen-bond acceptors (Lipinski definition) is 6. The second-order valence-electron chi connectivity index (χ2n) is 6.87. The highest BCUT2D eigenvalue weighted by atomic mass is 127. The standard InChI is InChI=1S/C22H32N4O3S.HI/c1-7-23-22(24-12-11-17-10-9-14(3)18(13-17)28-6)26-16(5)20-25-15(4)19(30-20)21(27)29-8-2;/h9-10,13,16H,7-8,11-12H2,1-6H3,(H2,23,24,26);1H. The molecule has 31 heavy (non-hydrogen) atoms. The SMILES string of the molecule is CCNC(=NCCc1ccc(C)c(OC)c1)NC(C)c1nc(C)c(C(=O)OCC)s1.I. The number of halogens is 1. The van der Waals surface area contributed by atoms with Gasteiger partial charge in [0, 0.05) is 13.1 Å². The van der Waals surface area contributed by atoms with E-state index in [1.165, 1.54) is 16.9 Å². The number of esters is 1. The molecule has 1 aromatic heterocycles. The summed E-state index contributed by atoms with van der Waals surface area (Å²) < 4.78 is 10.5. The van der Waals surface area contributed by atoms with Gasteiger partial charge in [-0.2, -0.15) is 0 Å². The number of thiazole rings is 1. The van der Waals surface area contributed by atoms with Crippen molar-refractivity contribution in [3.05, 3.63) is 44.9 Å². The van der Waals surface area contributed by atoms with Crippen molar-refractivity contribution in [2.24, 2.45) is 4.99 Å². The van der Waals surface area contributed by atoms with E-state index >= 15 is 0 Å². The number of methoxy groups -OCH3 is 1. The van der Waals surface area contributed by atoms with E-state index < -0.39 is 0 Å². The zero-order valence-electron chi connectivity index (χ0n) is 19.1. The maximum Gasteiger partial charge on any atom is 0.350 e. The summed E-state index contributed by atoms with van der Waals surface area (Å²) >= 11 is 1.36. The van der Waals surface area contributed by atoms with Crippen LogP contribution in [0.2, 0.25) is 0 Å². The molecule has 1 aromatic carbocycles. The van der Waals surface area contributed by atoms with Gasteiger partial charge in [-0.1, -0.05) is 12.1 Å². The van der Waals surface area contributed by atoms with Gasteiger partial charge in [-0.25, -0.2) is 9.78 Å². The number of benzene rings is 1. The van der Waals surface area contributed by atoms with Gasteiger partial charge in [0.1, 0.15) is 15.6 Å². The molecule has 0 amide bonds. The normalized spacial score (nSPS) is 12.0. The first-order valence-corrected chi connectivity index (χ1v) is 11.0. The fraction of sp³-hybridized carbons (Fsp3) is 0.500. The minimum absolute atomic E-state index is 0. The lowest BCUT2D eigenvalue weighted by atomic mass is 10.1. The van der Waals surface area contributed by atoms with Gasteiger partial charge in [0.2, 0.25) is 0 Å². The molecule has 2 aromatic rings. The second kappa shape index (κ2) is 13.5. The molecule has 9 heteroatoms. The van der Waals surface area contributed by atoms with Crippen LogP contribution in [0.15, 0.2) is 23.2 Å². The van der Waals surface area contributed by atoms with Crippen LogP contribution < -0.4 is 15.4 Å². The number of aryl methyl sites for hydroxylation is 2. The Balaban J connectivity index is 0.00000480. The molecular weight excluding hydrogens is 527 g/mol. The zero-order valence-corrected chi connectivity index (χ0v) is 22.2. The number of hydrogen-bond donors (Lipinski definition) is 2. The van der Waals surface area contributed by atoms with Crippen molar-refractivity contribution in [1.29, 1.82) is 0 Å². The second-order valence-corrected chi connectivity index (χ2v) is 7.90. The largest absolute Gasteiger partial charge is 0.496 e. The number of nitrogens with zero attached hydrogens (tertiary/aromatic N) is 2. The molecule has 2 N–H and O–H groups in total. The predicted octanol–water partition coefficient (Wildman–Crippen LogP) is 4.42. The highest BCUT2D eigenvalue weighted by molar-refractivity contribution is 14.0. The molecule has 0 saturated carbocycles. The van der Waals surface area contributed by atoms with Gasteiger partial charge < -0.3 is 20.1 Å². The first-order valence-electron chi connectivity index (χ1n) is 10.2. The summed E-state index contributed by atoms with van der Waals surface area (Å²) in [6, 6.07) is 6.14. The van der Waals surface area contributed by atoms with Crippen molar-refractivity contribution in [2.75, 3.05) is 26.8 Å². The van der Waals surface area contributed by atoms with Gasteiger partial charge in [-0.05, 0) is 58.2 Å². The van der Waals surface area contributed by atoms with E-state index in [-0.39, 0.29) is 36.0 Å². The van der Waals surface area contributed by atoms with Crippen LogP contribution in [0, 0.1) is 13.8 Å². The lowest BCUT2D eigenvalue weighted by molar-refractivity contribution is 0.0531. The number of carbonyl (C=O) groups excluding carboxylic acids is 1. The Morgan fingerprint density at radius 1 is 1.29 bits per heavy atom. The summed E-state index contributed by atoms with van der Waals surface area (Å²) in [5.41, 5.74) is 2.99. The average molecular weight is 561 g/mol. The molecule has 0 spiro atoms. The molecule has 1 heterocycles. The Morgan fingerprint density at radius 3 is 2.68 bits per heavy atom. The fourth-order valence-electron chi connectivity index (χ4n) is 2.89. The molecule has 0 aliphatic rings. The topological polar surface area (TPSA) is 84.8 Å². The van der Waals surface area contributed by atoms with Crippen molar-refractivity contribution in [2.45, 2.75) is 47.1 Å². The Labute approximate surface area is 206 Å². The number of ether oxygens (including phenoxy) is 2. The number of rotatable bonds is 9. The third kappa shape index (κ3) is 7.95. The number of carbonyl (C=O) groups is 1. The van der Waals surface area contributed by atoms with Gasteiger partial charge in [0.25, 0.3) is 0 Å². The highest BCUT2D eigenvalue weighted by Crippen LogP contribution is 2.24. The number of guanidine groups is 1. The van der Waals surface area contributed by atoms with Crippen molar-refractivity contribution < 1.29 is 14.3 Å². The molecule has 7 nitrogen and oxygen atoms in total. The van der Waals surface area contributed by atoms with Crippen molar-refractivity contribution in [3.63, 3.8) is 0 Å². The number of aliphatic imine (C=N–C) groups is 1. The van der Waals surface area contributed by atoms with Gasteiger partial charge in [-0.15, -0.1) is 35.3 Å². The molecule has 0 aliphatic carbocycles. The molecule has 172 valence electrons. The molecule has 1 unspecified atom stereocenters. The van der Waals surface area contributed by atoms with Gasteiger partial charge in [0.05, 0.1) is 25.5 Å².